The summed E-state index contributed by atoms with van der Waals surface area (Å²) in [4.78, 5) is 0. The van der Waals surface area contributed by atoms with Crippen LogP contribution in [0.25, 0.3) is 0 Å². The third-order valence-electron chi connectivity index (χ3n) is 4.89. The third kappa shape index (κ3) is 5.96. The number of aliphatic hydroxyl groups is 1. The average molecular weight is 404 g/mol. The molecule has 0 fully saturated rings. The normalized spacial score (nSPS) is 11.8. The molecular formula is C26H29NO3. The molecule has 3 rings (SSSR count). The van der Waals surface area contributed by atoms with Gasteiger partial charge in [-0.2, -0.15) is 0 Å². The van der Waals surface area contributed by atoms with E-state index in [-0.39, 0.29) is 12.6 Å². The van der Waals surface area contributed by atoms with Gasteiger partial charge in [-0.15, -0.1) is 6.58 Å². The Hall–Kier alpha value is -3.08. The molecule has 0 bridgehead atoms. The minimum Gasteiger partial charge on any atom is -0.497 e. The number of ether oxygens (including phenoxy) is 2. The fraction of sp³-hybridized carbons (Fsp3) is 0.231. The maximum absolute atomic E-state index is 10.5. The average Bonchev–Trinajstić information content (AvgIpc) is 2.80. The second-order valence-corrected chi connectivity index (χ2v) is 7.09. The number of aliphatic hydroxyl groups excluding tert-OH is 1. The predicted molar refractivity (Wildman–Crippen MR) is 121 cm³/mol. The van der Waals surface area contributed by atoms with Crippen LogP contribution in [0.1, 0.15) is 22.7 Å². The van der Waals surface area contributed by atoms with Crippen LogP contribution in [-0.2, 0) is 6.42 Å². The first-order valence-electron chi connectivity index (χ1n) is 10.1. The summed E-state index contributed by atoms with van der Waals surface area (Å²) >= 11 is 0. The standard InChI is InChI=1S/C26H29NO3/c1-3-10-22-17-24(29-2)15-16-25(22)30-19-23(28)18-27-26(20-11-6-4-7-12-20)21-13-8-5-9-14-21/h3-9,11-17,23,26-28H,1,10,18-19H2,2H3. The van der Waals surface area contributed by atoms with Crippen molar-refractivity contribution in [2.24, 2.45) is 0 Å². The van der Waals surface area contributed by atoms with Gasteiger partial charge in [-0.25, -0.2) is 0 Å². The zero-order valence-corrected chi connectivity index (χ0v) is 17.3. The molecule has 0 saturated heterocycles. The highest BCUT2D eigenvalue weighted by atomic mass is 16.5. The molecule has 0 aromatic heterocycles. The Bertz CT molecular complexity index is 873. The first-order valence-corrected chi connectivity index (χ1v) is 10.1. The summed E-state index contributed by atoms with van der Waals surface area (Å²) in [6.07, 6.45) is 1.84. The molecule has 4 nitrogen and oxygen atoms in total. The van der Waals surface area contributed by atoms with Crippen molar-refractivity contribution < 1.29 is 14.6 Å². The van der Waals surface area contributed by atoms with E-state index in [9.17, 15) is 5.11 Å². The molecule has 0 aliphatic carbocycles. The maximum Gasteiger partial charge on any atom is 0.123 e. The van der Waals surface area contributed by atoms with Crippen molar-refractivity contribution in [3.05, 3.63) is 108 Å². The van der Waals surface area contributed by atoms with Crippen LogP contribution in [0.2, 0.25) is 0 Å². The summed E-state index contributed by atoms with van der Waals surface area (Å²) in [5.74, 6) is 1.51. The minimum absolute atomic E-state index is 0.000590. The van der Waals surface area contributed by atoms with E-state index < -0.39 is 6.10 Å². The number of rotatable bonds is 11. The third-order valence-corrected chi connectivity index (χ3v) is 4.89. The van der Waals surface area contributed by atoms with Crippen LogP contribution in [-0.4, -0.2) is 31.5 Å². The van der Waals surface area contributed by atoms with Crippen LogP contribution in [0.15, 0.2) is 91.5 Å². The Kier molecular flexibility index (Phi) is 8.07. The number of methoxy groups -OCH3 is 1. The summed E-state index contributed by atoms with van der Waals surface area (Å²) in [6.45, 7) is 4.40. The molecule has 3 aromatic carbocycles. The monoisotopic (exact) mass is 403 g/mol. The Morgan fingerprint density at radius 2 is 1.60 bits per heavy atom. The fourth-order valence-corrected chi connectivity index (χ4v) is 3.36. The lowest BCUT2D eigenvalue weighted by Gasteiger charge is -2.22. The summed E-state index contributed by atoms with van der Waals surface area (Å²) < 4.78 is 11.2. The van der Waals surface area contributed by atoms with Crippen LogP contribution >= 0.6 is 0 Å². The molecule has 0 aliphatic heterocycles. The zero-order valence-electron chi connectivity index (χ0n) is 17.3. The molecule has 1 atom stereocenters. The number of benzene rings is 3. The second-order valence-electron chi connectivity index (χ2n) is 7.09. The number of hydrogen-bond donors (Lipinski definition) is 2. The molecule has 0 aliphatic rings. The molecule has 0 radical (unpaired) electrons. The molecule has 3 aromatic rings. The lowest BCUT2D eigenvalue weighted by Crippen LogP contribution is -2.34. The lowest BCUT2D eigenvalue weighted by molar-refractivity contribution is 0.104. The Morgan fingerprint density at radius 1 is 0.967 bits per heavy atom. The van der Waals surface area contributed by atoms with Gasteiger partial charge in [0.1, 0.15) is 24.2 Å². The maximum atomic E-state index is 10.5. The van der Waals surface area contributed by atoms with Crippen molar-refractivity contribution in [3.63, 3.8) is 0 Å². The van der Waals surface area contributed by atoms with E-state index >= 15 is 0 Å². The summed E-state index contributed by atoms with van der Waals surface area (Å²) in [5.41, 5.74) is 3.29. The zero-order chi connectivity index (χ0) is 21.2. The van der Waals surface area contributed by atoms with E-state index in [4.69, 9.17) is 9.47 Å². The molecule has 0 heterocycles. The van der Waals surface area contributed by atoms with Crippen molar-refractivity contribution in [1.29, 1.82) is 0 Å². The number of hydrogen-bond acceptors (Lipinski definition) is 4. The molecule has 0 amide bonds. The van der Waals surface area contributed by atoms with Crippen LogP contribution in [0.5, 0.6) is 11.5 Å². The highest BCUT2D eigenvalue weighted by Crippen LogP contribution is 2.25. The van der Waals surface area contributed by atoms with Gasteiger partial charge in [0.2, 0.25) is 0 Å². The van der Waals surface area contributed by atoms with Gasteiger partial charge in [-0.3, -0.25) is 0 Å². The first kappa shape index (κ1) is 21.6. The highest BCUT2D eigenvalue weighted by molar-refractivity contribution is 5.41. The second kappa shape index (κ2) is 11.2. The van der Waals surface area contributed by atoms with E-state index in [1.54, 1.807) is 7.11 Å². The van der Waals surface area contributed by atoms with E-state index in [0.717, 1.165) is 28.2 Å². The van der Waals surface area contributed by atoms with E-state index in [0.29, 0.717) is 13.0 Å². The van der Waals surface area contributed by atoms with Gasteiger partial charge in [0.05, 0.1) is 13.2 Å². The Morgan fingerprint density at radius 3 is 2.17 bits per heavy atom. The first-order chi connectivity index (χ1) is 14.7. The molecule has 4 heteroatoms. The Labute approximate surface area is 178 Å². The van der Waals surface area contributed by atoms with Gasteiger partial charge in [-0.05, 0) is 35.7 Å². The van der Waals surface area contributed by atoms with Gasteiger partial charge >= 0.3 is 0 Å². The summed E-state index contributed by atoms with van der Waals surface area (Å²) in [5, 5.41) is 14.0. The van der Waals surface area contributed by atoms with Crippen molar-refractivity contribution in [3.8, 4) is 11.5 Å². The van der Waals surface area contributed by atoms with Crippen molar-refractivity contribution in [2.75, 3.05) is 20.3 Å². The van der Waals surface area contributed by atoms with Crippen molar-refractivity contribution >= 4 is 0 Å². The van der Waals surface area contributed by atoms with E-state index in [1.807, 2.05) is 60.7 Å². The number of allylic oxidation sites excluding steroid dienone is 1. The quantitative estimate of drug-likeness (QED) is 0.462. The van der Waals surface area contributed by atoms with E-state index in [1.165, 1.54) is 0 Å². The van der Waals surface area contributed by atoms with Gasteiger partial charge in [-0.1, -0.05) is 66.7 Å². The van der Waals surface area contributed by atoms with Gasteiger partial charge < -0.3 is 19.9 Å². The van der Waals surface area contributed by atoms with Crippen LogP contribution in [0.4, 0.5) is 0 Å². The smallest absolute Gasteiger partial charge is 0.123 e. The van der Waals surface area contributed by atoms with Gasteiger partial charge in [0, 0.05) is 12.1 Å². The summed E-state index contributed by atoms with van der Waals surface area (Å²) in [6, 6.07) is 26.1. The highest BCUT2D eigenvalue weighted by Gasteiger charge is 2.16. The van der Waals surface area contributed by atoms with E-state index in [2.05, 4.69) is 36.2 Å². The summed E-state index contributed by atoms with van der Waals surface area (Å²) in [7, 11) is 1.64. The molecule has 0 saturated carbocycles. The van der Waals surface area contributed by atoms with Crippen molar-refractivity contribution in [1.82, 2.24) is 5.32 Å². The molecule has 30 heavy (non-hydrogen) atoms. The molecule has 0 spiro atoms. The minimum atomic E-state index is -0.654. The predicted octanol–water partition coefficient (Wildman–Crippen LogP) is 4.54. The molecule has 1 unspecified atom stereocenters. The SMILES string of the molecule is C=CCc1cc(OC)ccc1OCC(O)CNC(c1ccccc1)c1ccccc1. The topological polar surface area (TPSA) is 50.7 Å². The van der Waals surface area contributed by atoms with Crippen LogP contribution < -0.4 is 14.8 Å². The van der Waals surface area contributed by atoms with Crippen LogP contribution in [0, 0.1) is 0 Å². The van der Waals surface area contributed by atoms with Gasteiger partial charge in [0.25, 0.3) is 0 Å². The lowest BCUT2D eigenvalue weighted by atomic mass is 9.98. The number of nitrogens with one attached hydrogen (secondary N) is 1. The molecule has 156 valence electrons. The van der Waals surface area contributed by atoms with Crippen molar-refractivity contribution in [2.45, 2.75) is 18.6 Å². The van der Waals surface area contributed by atoms with Gasteiger partial charge in [0.15, 0.2) is 0 Å². The largest absolute Gasteiger partial charge is 0.497 e. The molecule has 2 N–H and O–H groups in total. The fourth-order valence-electron chi connectivity index (χ4n) is 3.36. The van der Waals surface area contributed by atoms with Crippen LogP contribution in [0.3, 0.4) is 0 Å². The Balaban J connectivity index is 1.62. The molecular weight excluding hydrogens is 374 g/mol.